The molecule has 0 unspecified atom stereocenters. The van der Waals surface area contributed by atoms with Gasteiger partial charge in [0.05, 0.1) is 6.61 Å². The van der Waals surface area contributed by atoms with E-state index in [9.17, 15) is 0 Å². The van der Waals surface area contributed by atoms with Crippen LogP contribution >= 0.6 is 23.2 Å². The second-order valence-electron chi connectivity index (χ2n) is 2.02. The van der Waals surface area contributed by atoms with Crippen molar-refractivity contribution < 1.29 is 5.11 Å². The largest absolute Gasteiger partial charge is 0.395 e. The third-order valence-electron chi connectivity index (χ3n) is 1.02. The summed E-state index contributed by atoms with van der Waals surface area (Å²) in [6, 6.07) is 0. The number of halogens is 2. The quantitative estimate of drug-likeness (QED) is 0.710. The molecule has 0 rings (SSSR count). The highest BCUT2D eigenvalue weighted by Crippen LogP contribution is 2.03. The molecule has 0 aliphatic carbocycles. The van der Waals surface area contributed by atoms with Crippen molar-refractivity contribution in [2.75, 3.05) is 26.7 Å². The topological polar surface area (TPSA) is 23.5 Å². The van der Waals surface area contributed by atoms with Crippen LogP contribution in [0.2, 0.25) is 0 Å². The molecule has 0 heterocycles. The van der Waals surface area contributed by atoms with Gasteiger partial charge in [-0.25, -0.2) is 0 Å². The van der Waals surface area contributed by atoms with Crippen LogP contribution in [0.1, 0.15) is 0 Å². The molecular weight excluding hydrogens is 173 g/mol. The standard InChI is InChI=1S/C6H11Cl2NO/c1-9(2-3-10)5-6(8)4-7/h4,10H,2-3,5H2,1H3/b6-4-. The molecule has 0 spiro atoms. The van der Waals surface area contributed by atoms with Gasteiger partial charge in [-0.15, -0.1) is 0 Å². The van der Waals surface area contributed by atoms with E-state index in [1.165, 1.54) is 5.54 Å². The average Bonchev–Trinajstić information content (AvgIpc) is 1.88. The van der Waals surface area contributed by atoms with Gasteiger partial charge >= 0.3 is 0 Å². The summed E-state index contributed by atoms with van der Waals surface area (Å²) >= 11 is 10.9. The lowest BCUT2D eigenvalue weighted by Gasteiger charge is -2.12. The van der Waals surface area contributed by atoms with Gasteiger partial charge in [-0.1, -0.05) is 23.2 Å². The molecule has 0 aromatic carbocycles. The van der Waals surface area contributed by atoms with Crippen molar-refractivity contribution in [2.24, 2.45) is 0 Å². The van der Waals surface area contributed by atoms with Gasteiger partial charge in [0.25, 0.3) is 0 Å². The fourth-order valence-corrected chi connectivity index (χ4v) is 0.815. The molecule has 0 atom stereocenters. The first-order valence-corrected chi connectivity index (χ1v) is 3.76. The van der Waals surface area contributed by atoms with E-state index in [0.717, 1.165) is 0 Å². The SMILES string of the molecule is CN(CCO)C/C(Cl)=C/Cl. The van der Waals surface area contributed by atoms with Crippen molar-refractivity contribution in [1.29, 1.82) is 0 Å². The lowest BCUT2D eigenvalue weighted by atomic mass is 10.5. The summed E-state index contributed by atoms with van der Waals surface area (Å²) in [5.74, 6) is 0. The Morgan fingerprint density at radius 2 is 2.30 bits per heavy atom. The van der Waals surface area contributed by atoms with E-state index >= 15 is 0 Å². The summed E-state index contributed by atoms with van der Waals surface area (Å²) in [6.45, 7) is 1.34. The molecule has 2 nitrogen and oxygen atoms in total. The van der Waals surface area contributed by atoms with E-state index in [-0.39, 0.29) is 6.61 Å². The molecule has 0 radical (unpaired) electrons. The Balaban J connectivity index is 3.47. The number of aliphatic hydroxyl groups is 1. The first-order chi connectivity index (χ1) is 4.70. The molecule has 0 aliphatic rings. The zero-order valence-corrected chi connectivity index (χ0v) is 7.36. The Morgan fingerprint density at radius 3 is 2.70 bits per heavy atom. The Labute approximate surface area is 71.0 Å². The molecule has 0 aromatic heterocycles. The van der Waals surface area contributed by atoms with Crippen LogP contribution in [-0.4, -0.2) is 36.8 Å². The van der Waals surface area contributed by atoms with Crippen LogP contribution < -0.4 is 0 Å². The Bertz CT molecular complexity index is 116. The zero-order chi connectivity index (χ0) is 7.98. The van der Waals surface area contributed by atoms with E-state index in [2.05, 4.69) is 0 Å². The van der Waals surface area contributed by atoms with Crippen LogP contribution in [0.5, 0.6) is 0 Å². The van der Waals surface area contributed by atoms with Gasteiger partial charge in [0.2, 0.25) is 0 Å². The van der Waals surface area contributed by atoms with Gasteiger partial charge in [-0.2, -0.15) is 0 Å². The fourth-order valence-electron chi connectivity index (χ4n) is 0.542. The van der Waals surface area contributed by atoms with Crippen molar-refractivity contribution in [2.45, 2.75) is 0 Å². The van der Waals surface area contributed by atoms with Gasteiger partial charge in [0.1, 0.15) is 0 Å². The third-order valence-corrected chi connectivity index (χ3v) is 1.62. The van der Waals surface area contributed by atoms with Crippen molar-refractivity contribution in [3.8, 4) is 0 Å². The minimum atomic E-state index is 0.142. The predicted octanol–water partition coefficient (Wildman–Crippen LogP) is 1.23. The van der Waals surface area contributed by atoms with Crippen LogP contribution in [0.4, 0.5) is 0 Å². The van der Waals surface area contributed by atoms with Gasteiger partial charge in [-0.3, -0.25) is 4.90 Å². The zero-order valence-electron chi connectivity index (χ0n) is 5.85. The molecule has 10 heavy (non-hydrogen) atoms. The lowest BCUT2D eigenvalue weighted by molar-refractivity contribution is 0.231. The number of rotatable bonds is 4. The minimum absolute atomic E-state index is 0.142. The van der Waals surface area contributed by atoms with E-state index in [0.29, 0.717) is 18.1 Å². The molecule has 1 N–H and O–H groups in total. The summed E-state index contributed by atoms with van der Waals surface area (Å²) in [4.78, 5) is 1.88. The number of nitrogens with zero attached hydrogens (tertiary/aromatic N) is 1. The Kier molecular flexibility index (Phi) is 6.13. The van der Waals surface area contributed by atoms with E-state index in [1.807, 2.05) is 11.9 Å². The summed E-state index contributed by atoms with van der Waals surface area (Å²) in [6.07, 6.45) is 0. The van der Waals surface area contributed by atoms with E-state index in [4.69, 9.17) is 28.3 Å². The average molecular weight is 184 g/mol. The predicted molar refractivity (Wildman–Crippen MR) is 44.4 cm³/mol. The van der Waals surface area contributed by atoms with Crippen molar-refractivity contribution >= 4 is 23.2 Å². The molecule has 0 fully saturated rings. The first-order valence-electron chi connectivity index (χ1n) is 2.95. The molecular formula is C6H11Cl2NO. The maximum absolute atomic E-state index is 8.49. The molecule has 0 amide bonds. The molecule has 60 valence electrons. The van der Waals surface area contributed by atoms with Crippen LogP contribution in [-0.2, 0) is 0 Å². The summed E-state index contributed by atoms with van der Waals surface area (Å²) in [7, 11) is 1.86. The Morgan fingerprint density at radius 1 is 1.70 bits per heavy atom. The van der Waals surface area contributed by atoms with Crippen molar-refractivity contribution in [1.82, 2.24) is 4.90 Å². The lowest BCUT2D eigenvalue weighted by Crippen LogP contribution is -2.23. The maximum atomic E-state index is 8.49. The molecule has 0 aromatic rings. The van der Waals surface area contributed by atoms with Gasteiger partial charge < -0.3 is 5.11 Å². The first kappa shape index (κ1) is 10.2. The van der Waals surface area contributed by atoms with Crippen LogP contribution in [0.3, 0.4) is 0 Å². The number of hydrogen-bond donors (Lipinski definition) is 1. The second-order valence-corrected chi connectivity index (χ2v) is 2.72. The third kappa shape index (κ3) is 5.06. The molecule has 0 saturated carbocycles. The van der Waals surface area contributed by atoms with E-state index in [1.54, 1.807) is 0 Å². The number of aliphatic hydroxyl groups excluding tert-OH is 1. The highest BCUT2D eigenvalue weighted by molar-refractivity contribution is 6.36. The van der Waals surface area contributed by atoms with Gasteiger partial charge in [0, 0.05) is 23.7 Å². The molecule has 0 bridgehead atoms. The van der Waals surface area contributed by atoms with Crippen LogP contribution in [0.15, 0.2) is 10.6 Å². The van der Waals surface area contributed by atoms with Crippen LogP contribution in [0, 0.1) is 0 Å². The van der Waals surface area contributed by atoms with Crippen molar-refractivity contribution in [3.63, 3.8) is 0 Å². The smallest absolute Gasteiger partial charge is 0.0558 e. The number of likely N-dealkylation sites (N-methyl/N-ethyl adjacent to an activating group) is 1. The summed E-state index contributed by atoms with van der Waals surface area (Å²) in [5, 5.41) is 9.07. The normalized spacial score (nSPS) is 12.7. The molecule has 0 saturated heterocycles. The van der Waals surface area contributed by atoms with Gasteiger partial charge in [0.15, 0.2) is 0 Å². The highest BCUT2D eigenvalue weighted by Gasteiger charge is 1.97. The maximum Gasteiger partial charge on any atom is 0.0558 e. The van der Waals surface area contributed by atoms with E-state index < -0.39 is 0 Å². The minimum Gasteiger partial charge on any atom is -0.395 e. The fraction of sp³-hybridized carbons (Fsp3) is 0.667. The summed E-state index contributed by atoms with van der Waals surface area (Å²) in [5.41, 5.74) is 1.33. The number of hydrogen-bond acceptors (Lipinski definition) is 2. The summed E-state index contributed by atoms with van der Waals surface area (Å²) < 4.78 is 0. The second kappa shape index (κ2) is 5.98. The molecule has 0 aliphatic heterocycles. The van der Waals surface area contributed by atoms with Crippen LogP contribution in [0.25, 0.3) is 0 Å². The molecule has 4 heteroatoms. The highest BCUT2D eigenvalue weighted by atomic mass is 35.5. The monoisotopic (exact) mass is 183 g/mol. The van der Waals surface area contributed by atoms with Crippen molar-refractivity contribution in [3.05, 3.63) is 10.6 Å². The van der Waals surface area contributed by atoms with Gasteiger partial charge in [-0.05, 0) is 7.05 Å². The Hall–Kier alpha value is 0.240.